The lowest BCUT2D eigenvalue weighted by Gasteiger charge is -2.27. The molecule has 0 bridgehead atoms. The molecule has 1 aliphatic heterocycles. The smallest absolute Gasteiger partial charge is 0.317 e. The SMILES string of the molecule is CC(C)[C@@H]1CN(C(=O)NCCc2ccccc2)C[C@H]1N(C)C. The van der Waals surface area contributed by atoms with Crippen LogP contribution in [0.1, 0.15) is 19.4 Å². The largest absolute Gasteiger partial charge is 0.338 e. The van der Waals surface area contributed by atoms with E-state index in [9.17, 15) is 4.79 Å². The van der Waals surface area contributed by atoms with Gasteiger partial charge in [0.1, 0.15) is 0 Å². The van der Waals surface area contributed by atoms with Crippen molar-refractivity contribution >= 4 is 6.03 Å². The Labute approximate surface area is 134 Å². The third-order valence-corrected chi connectivity index (χ3v) is 4.67. The lowest BCUT2D eigenvalue weighted by Crippen LogP contribution is -2.41. The van der Waals surface area contributed by atoms with E-state index in [-0.39, 0.29) is 6.03 Å². The molecular formula is C18H29N3O. The summed E-state index contributed by atoms with van der Waals surface area (Å²) in [7, 11) is 4.22. The first kappa shape index (κ1) is 16.8. The maximum Gasteiger partial charge on any atom is 0.317 e. The zero-order valence-electron chi connectivity index (χ0n) is 14.2. The summed E-state index contributed by atoms with van der Waals surface area (Å²) in [6.45, 7) is 6.87. The van der Waals surface area contributed by atoms with E-state index in [2.05, 4.69) is 50.3 Å². The molecule has 0 aliphatic carbocycles. The van der Waals surface area contributed by atoms with Gasteiger partial charge in [-0.1, -0.05) is 44.2 Å². The molecule has 22 heavy (non-hydrogen) atoms. The molecule has 2 rings (SSSR count). The maximum absolute atomic E-state index is 12.4. The fraction of sp³-hybridized carbons (Fsp3) is 0.611. The maximum atomic E-state index is 12.4. The van der Waals surface area contributed by atoms with Crippen molar-refractivity contribution in [2.75, 3.05) is 33.7 Å². The summed E-state index contributed by atoms with van der Waals surface area (Å²) in [4.78, 5) is 16.6. The van der Waals surface area contributed by atoms with Gasteiger partial charge in [-0.2, -0.15) is 0 Å². The van der Waals surface area contributed by atoms with Gasteiger partial charge in [-0.3, -0.25) is 0 Å². The Kier molecular flexibility index (Phi) is 5.83. The second-order valence-corrected chi connectivity index (χ2v) is 6.81. The van der Waals surface area contributed by atoms with Crippen molar-refractivity contribution in [3.8, 4) is 0 Å². The van der Waals surface area contributed by atoms with Crippen LogP contribution >= 0.6 is 0 Å². The Balaban J connectivity index is 1.83. The molecular weight excluding hydrogens is 274 g/mol. The molecule has 4 nitrogen and oxygen atoms in total. The molecule has 2 amide bonds. The highest BCUT2D eigenvalue weighted by Crippen LogP contribution is 2.27. The van der Waals surface area contributed by atoms with Crippen molar-refractivity contribution in [2.45, 2.75) is 26.3 Å². The lowest BCUT2D eigenvalue weighted by atomic mass is 9.91. The van der Waals surface area contributed by atoms with Crippen LogP contribution in [0.5, 0.6) is 0 Å². The Bertz CT molecular complexity index is 456. The third kappa shape index (κ3) is 4.23. The fourth-order valence-electron chi connectivity index (χ4n) is 3.25. The van der Waals surface area contributed by atoms with Crippen LogP contribution < -0.4 is 5.32 Å². The molecule has 1 fully saturated rings. The van der Waals surface area contributed by atoms with Crippen LogP contribution in [0.15, 0.2) is 30.3 Å². The number of rotatable bonds is 5. The van der Waals surface area contributed by atoms with Crippen LogP contribution in [-0.4, -0.2) is 55.6 Å². The molecule has 1 N–H and O–H groups in total. The van der Waals surface area contributed by atoms with E-state index in [4.69, 9.17) is 0 Å². The van der Waals surface area contributed by atoms with Crippen molar-refractivity contribution < 1.29 is 4.79 Å². The molecule has 1 aromatic rings. The quantitative estimate of drug-likeness (QED) is 0.907. The average molecular weight is 303 g/mol. The second kappa shape index (κ2) is 7.63. The summed E-state index contributed by atoms with van der Waals surface area (Å²) in [5.41, 5.74) is 1.26. The Hall–Kier alpha value is -1.55. The Morgan fingerprint density at radius 2 is 1.95 bits per heavy atom. The van der Waals surface area contributed by atoms with Gasteiger partial charge < -0.3 is 15.1 Å². The van der Waals surface area contributed by atoms with Crippen LogP contribution in [0, 0.1) is 11.8 Å². The highest BCUT2D eigenvalue weighted by molar-refractivity contribution is 5.74. The number of benzene rings is 1. The Morgan fingerprint density at radius 3 is 2.50 bits per heavy atom. The molecule has 0 radical (unpaired) electrons. The van der Waals surface area contributed by atoms with E-state index < -0.39 is 0 Å². The number of urea groups is 1. The van der Waals surface area contributed by atoms with E-state index >= 15 is 0 Å². The molecule has 0 saturated carbocycles. The minimum Gasteiger partial charge on any atom is -0.338 e. The molecule has 0 spiro atoms. The predicted molar refractivity (Wildman–Crippen MR) is 90.9 cm³/mol. The highest BCUT2D eigenvalue weighted by Gasteiger charge is 2.37. The molecule has 2 atom stereocenters. The standard InChI is InChI=1S/C18H29N3O/c1-14(2)16-12-21(13-17(16)20(3)4)18(22)19-11-10-15-8-6-5-7-9-15/h5-9,14,16-17H,10-13H2,1-4H3,(H,19,22)/t16-,17+/m0/s1. The number of hydrogen-bond acceptors (Lipinski definition) is 2. The van der Waals surface area contributed by atoms with Gasteiger partial charge in [0.25, 0.3) is 0 Å². The van der Waals surface area contributed by atoms with Crippen LogP contribution in [-0.2, 0) is 6.42 Å². The molecule has 4 heteroatoms. The molecule has 1 aromatic carbocycles. The summed E-state index contributed by atoms with van der Waals surface area (Å²) in [5, 5.41) is 3.06. The third-order valence-electron chi connectivity index (χ3n) is 4.67. The zero-order valence-corrected chi connectivity index (χ0v) is 14.2. The van der Waals surface area contributed by atoms with E-state index in [1.807, 2.05) is 23.1 Å². The van der Waals surface area contributed by atoms with Crippen molar-refractivity contribution in [3.05, 3.63) is 35.9 Å². The van der Waals surface area contributed by atoms with E-state index in [1.165, 1.54) is 5.56 Å². The van der Waals surface area contributed by atoms with Gasteiger partial charge in [0.15, 0.2) is 0 Å². The topological polar surface area (TPSA) is 35.6 Å². The second-order valence-electron chi connectivity index (χ2n) is 6.81. The van der Waals surface area contributed by atoms with Gasteiger partial charge >= 0.3 is 6.03 Å². The van der Waals surface area contributed by atoms with E-state index in [1.54, 1.807) is 0 Å². The van der Waals surface area contributed by atoms with Crippen LogP contribution in [0.4, 0.5) is 4.79 Å². The molecule has 0 unspecified atom stereocenters. The van der Waals surface area contributed by atoms with Gasteiger partial charge in [0, 0.05) is 25.7 Å². The van der Waals surface area contributed by atoms with Crippen molar-refractivity contribution in [3.63, 3.8) is 0 Å². The Morgan fingerprint density at radius 1 is 1.27 bits per heavy atom. The number of amides is 2. The summed E-state index contributed by atoms with van der Waals surface area (Å²) < 4.78 is 0. The molecule has 1 heterocycles. The summed E-state index contributed by atoms with van der Waals surface area (Å²) in [6.07, 6.45) is 0.880. The lowest BCUT2D eigenvalue weighted by molar-refractivity contribution is 0.203. The van der Waals surface area contributed by atoms with Crippen LogP contribution in [0.25, 0.3) is 0 Å². The number of hydrogen-bond donors (Lipinski definition) is 1. The molecule has 1 saturated heterocycles. The van der Waals surface area contributed by atoms with Gasteiger partial charge in [0.2, 0.25) is 0 Å². The average Bonchev–Trinajstić information content (AvgIpc) is 2.94. The highest BCUT2D eigenvalue weighted by atomic mass is 16.2. The number of nitrogens with zero attached hydrogens (tertiary/aromatic N) is 2. The predicted octanol–water partition coefficient (Wildman–Crippen LogP) is 2.46. The van der Waals surface area contributed by atoms with Gasteiger partial charge in [0.05, 0.1) is 0 Å². The number of likely N-dealkylation sites (tertiary alicyclic amines) is 1. The first-order valence-corrected chi connectivity index (χ1v) is 8.22. The molecule has 1 aliphatic rings. The summed E-state index contributed by atoms with van der Waals surface area (Å²) in [5.74, 6) is 1.14. The number of carbonyl (C=O) groups excluding carboxylic acids is 1. The van der Waals surface area contributed by atoms with Gasteiger partial charge in [-0.05, 0) is 37.9 Å². The van der Waals surface area contributed by atoms with Crippen molar-refractivity contribution in [1.82, 2.24) is 15.1 Å². The fourth-order valence-corrected chi connectivity index (χ4v) is 3.25. The van der Waals surface area contributed by atoms with Gasteiger partial charge in [-0.15, -0.1) is 0 Å². The minimum absolute atomic E-state index is 0.0749. The summed E-state index contributed by atoms with van der Waals surface area (Å²) in [6, 6.07) is 10.8. The van der Waals surface area contributed by atoms with Crippen LogP contribution in [0.3, 0.4) is 0 Å². The molecule has 0 aromatic heterocycles. The number of nitrogens with one attached hydrogen (secondary N) is 1. The van der Waals surface area contributed by atoms with Crippen molar-refractivity contribution in [1.29, 1.82) is 0 Å². The monoisotopic (exact) mass is 303 g/mol. The summed E-state index contributed by atoms with van der Waals surface area (Å²) >= 11 is 0. The minimum atomic E-state index is 0.0749. The number of likely N-dealkylation sites (N-methyl/N-ethyl adjacent to an activating group) is 1. The van der Waals surface area contributed by atoms with Crippen LogP contribution in [0.2, 0.25) is 0 Å². The van der Waals surface area contributed by atoms with E-state index in [0.717, 1.165) is 19.5 Å². The van der Waals surface area contributed by atoms with E-state index in [0.29, 0.717) is 24.4 Å². The number of carbonyl (C=O) groups is 1. The first-order chi connectivity index (χ1) is 10.5. The normalized spacial score (nSPS) is 21.6. The molecule has 122 valence electrons. The first-order valence-electron chi connectivity index (χ1n) is 8.22. The van der Waals surface area contributed by atoms with Gasteiger partial charge in [-0.25, -0.2) is 4.79 Å². The zero-order chi connectivity index (χ0) is 16.1. The van der Waals surface area contributed by atoms with Crippen molar-refractivity contribution in [2.24, 2.45) is 11.8 Å².